The number of benzene rings is 2. The summed E-state index contributed by atoms with van der Waals surface area (Å²) in [6.45, 7) is 0. The highest BCUT2D eigenvalue weighted by Crippen LogP contribution is 2.24. The zero-order chi connectivity index (χ0) is 14.8. The van der Waals surface area contributed by atoms with Crippen LogP contribution in [0.3, 0.4) is 0 Å². The minimum Gasteiger partial charge on any atom is -0.179 e. The zero-order valence-electron chi connectivity index (χ0n) is 12.8. The molecule has 0 atom stereocenters. The fourth-order valence-corrected chi connectivity index (χ4v) is 3.73. The van der Waals surface area contributed by atoms with E-state index in [4.69, 9.17) is 0 Å². The first kappa shape index (κ1) is 16.8. The molecule has 0 amide bonds. The highest BCUT2D eigenvalue weighted by Gasteiger charge is 1.97. The first-order valence-electron chi connectivity index (χ1n) is 8.12. The number of hydrogen-bond donors (Lipinski definition) is 1. The lowest BCUT2D eigenvalue weighted by Gasteiger charge is -2.04. The van der Waals surface area contributed by atoms with Crippen LogP contribution in [0.4, 0.5) is 0 Å². The molecule has 0 N–H and O–H groups in total. The van der Waals surface area contributed by atoms with Gasteiger partial charge < -0.3 is 0 Å². The van der Waals surface area contributed by atoms with Crippen LogP contribution in [0.15, 0.2) is 47.4 Å². The van der Waals surface area contributed by atoms with Crippen molar-refractivity contribution in [1.82, 2.24) is 0 Å². The van der Waals surface area contributed by atoms with Gasteiger partial charge in [0.05, 0.1) is 0 Å². The maximum absolute atomic E-state index is 4.25. The second-order valence-corrected chi connectivity index (χ2v) is 7.17. The summed E-state index contributed by atoms with van der Waals surface area (Å²) in [5.74, 6) is 2.29. The number of hydrogen-bond acceptors (Lipinski definition) is 2. The number of fused-ring (bicyclic) bond motifs is 1. The van der Waals surface area contributed by atoms with Gasteiger partial charge >= 0.3 is 0 Å². The van der Waals surface area contributed by atoms with Gasteiger partial charge in [-0.1, -0.05) is 62.4 Å². The number of rotatable bonds is 10. The SMILES string of the molecule is SCCCCCCCCCSc1ccc2ccccc2c1. The second kappa shape index (κ2) is 10.2. The Labute approximate surface area is 139 Å². The Balaban J connectivity index is 1.59. The molecule has 0 aromatic heterocycles. The van der Waals surface area contributed by atoms with Gasteiger partial charge in [0.2, 0.25) is 0 Å². The summed E-state index contributed by atoms with van der Waals surface area (Å²) in [7, 11) is 0. The second-order valence-electron chi connectivity index (χ2n) is 5.56. The van der Waals surface area contributed by atoms with Gasteiger partial charge in [-0.3, -0.25) is 0 Å². The van der Waals surface area contributed by atoms with E-state index in [9.17, 15) is 0 Å². The van der Waals surface area contributed by atoms with Crippen molar-refractivity contribution < 1.29 is 0 Å². The molecule has 2 aromatic rings. The molecule has 0 aliphatic rings. The van der Waals surface area contributed by atoms with Gasteiger partial charge in [0, 0.05) is 4.90 Å². The van der Waals surface area contributed by atoms with Crippen molar-refractivity contribution in [3.63, 3.8) is 0 Å². The van der Waals surface area contributed by atoms with E-state index in [1.54, 1.807) is 0 Å². The Hall–Kier alpha value is -0.600. The standard InChI is InChI=1S/C19H26S2/c20-14-8-4-2-1-3-5-9-15-21-19-13-12-17-10-6-7-11-18(17)16-19/h6-7,10-13,16,20H,1-5,8-9,14-15H2. The molecule has 0 heterocycles. The van der Waals surface area contributed by atoms with Crippen molar-refractivity contribution >= 4 is 35.2 Å². The third kappa shape index (κ3) is 6.36. The Bertz CT molecular complexity index is 522. The Morgan fingerprint density at radius 2 is 1.38 bits per heavy atom. The van der Waals surface area contributed by atoms with E-state index < -0.39 is 0 Å². The molecular weight excluding hydrogens is 292 g/mol. The third-order valence-electron chi connectivity index (χ3n) is 3.79. The van der Waals surface area contributed by atoms with Gasteiger partial charge in [-0.15, -0.1) is 11.8 Å². The van der Waals surface area contributed by atoms with Gasteiger partial charge in [-0.05, 0) is 47.3 Å². The highest BCUT2D eigenvalue weighted by molar-refractivity contribution is 7.99. The Kier molecular flexibility index (Phi) is 8.13. The van der Waals surface area contributed by atoms with E-state index >= 15 is 0 Å². The van der Waals surface area contributed by atoms with Crippen molar-refractivity contribution in [2.75, 3.05) is 11.5 Å². The average molecular weight is 319 g/mol. The minimum absolute atomic E-state index is 1.04. The van der Waals surface area contributed by atoms with Crippen molar-refractivity contribution in [3.8, 4) is 0 Å². The predicted molar refractivity (Wildman–Crippen MR) is 101 cm³/mol. The van der Waals surface area contributed by atoms with E-state index in [1.165, 1.54) is 66.4 Å². The number of unbranched alkanes of at least 4 members (excludes halogenated alkanes) is 6. The van der Waals surface area contributed by atoms with E-state index in [0.29, 0.717) is 0 Å². The highest BCUT2D eigenvalue weighted by atomic mass is 32.2. The topological polar surface area (TPSA) is 0 Å². The predicted octanol–water partition coefficient (Wildman–Crippen LogP) is 6.59. The minimum atomic E-state index is 1.04. The normalized spacial score (nSPS) is 11.1. The molecule has 0 radical (unpaired) electrons. The van der Waals surface area contributed by atoms with Crippen LogP contribution in [0.25, 0.3) is 10.8 Å². The zero-order valence-corrected chi connectivity index (χ0v) is 14.5. The molecule has 0 spiro atoms. The molecule has 21 heavy (non-hydrogen) atoms. The van der Waals surface area contributed by atoms with Crippen LogP contribution in [0.1, 0.15) is 44.9 Å². The first-order valence-corrected chi connectivity index (χ1v) is 9.74. The van der Waals surface area contributed by atoms with E-state index in [0.717, 1.165) is 5.75 Å². The first-order chi connectivity index (χ1) is 10.4. The monoisotopic (exact) mass is 318 g/mol. The summed E-state index contributed by atoms with van der Waals surface area (Å²) in [4.78, 5) is 1.41. The molecular formula is C19H26S2. The summed E-state index contributed by atoms with van der Waals surface area (Å²) in [5, 5.41) is 2.69. The van der Waals surface area contributed by atoms with E-state index in [1.807, 2.05) is 11.8 Å². The van der Waals surface area contributed by atoms with Gasteiger partial charge in [-0.25, -0.2) is 0 Å². The lowest BCUT2D eigenvalue weighted by Crippen LogP contribution is -1.84. The lowest BCUT2D eigenvalue weighted by molar-refractivity contribution is 0.605. The van der Waals surface area contributed by atoms with E-state index in [2.05, 4.69) is 55.1 Å². The molecule has 0 nitrogen and oxygen atoms in total. The summed E-state index contributed by atoms with van der Waals surface area (Å²) in [6.07, 6.45) is 9.53. The Morgan fingerprint density at radius 3 is 2.14 bits per heavy atom. The van der Waals surface area contributed by atoms with Gasteiger partial charge in [-0.2, -0.15) is 12.6 Å². The van der Waals surface area contributed by atoms with Crippen molar-refractivity contribution in [2.45, 2.75) is 49.8 Å². The van der Waals surface area contributed by atoms with Crippen LogP contribution in [0.5, 0.6) is 0 Å². The van der Waals surface area contributed by atoms with E-state index in [-0.39, 0.29) is 0 Å². The van der Waals surface area contributed by atoms with Crippen molar-refractivity contribution in [1.29, 1.82) is 0 Å². The van der Waals surface area contributed by atoms with Crippen LogP contribution in [0.2, 0.25) is 0 Å². The lowest BCUT2D eigenvalue weighted by atomic mass is 10.1. The average Bonchev–Trinajstić information content (AvgIpc) is 2.53. The van der Waals surface area contributed by atoms with Gasteiger partial charge in [0.1, 0.15) is 0 Å². The largest absolute Gasteiger partial charge is 0.179 e. The fraction of sp³-hybridized carbons (Fsp3) is 0.474. The maximum Gasteiger partial charge on any atom is 0.00783 e. The smallest absolute Gasteiger partial charge is 0.00783 e. The number of thioether (sulfide) groups is 1. The molecule has 0 saturated carbocycles. The molecule has 0 bridgehead atoms. The molecule has 2 heteroatoms. The fourth-order valence-electron chi connectivity index (χ4n) is 2.54. The van der Waals surface area contributed by atoms with Crippen molar-refractivity contribution in [3.05, 3.63) is 42.5 Å². The quantitative estimate of drug-likeness (QED) is 0.293. The summed E-state index contributed by atoms with van der Waals surface area (Å²) in [5.41, 5.74) is 0. The summed E-state index contributed by atoms with van der Waals surface area (Å²) < 4.78 is 0. The molecule has 0 fully saturated rings. The summed E-state index contributed by atoms with van der Waals surface area (Å²) >= 11 is 6.24. The van der Waals surface area contributed by atoms with Crippen LogP contribution in [0, 0.1) is 0 Å². The van der Waals surface area contributed by atoms with Gasteiger partial charge in [0.25, 0.3) is 0 Å². The molecule has 0 aliphatic heterocycles. The summed E-state index contributed by atoms with van der Waals surface area (Å²) in [6, 6.07) is 15.4. The van der Waals surface area contributed by atoms with Crippen LogP contribution >= 0.6 is 24.4 Å². The molecule has 114 valence electrons. The van der Waals surface area contributed by atoms with Crippen LogP contribution in [-0.2, 0) is 0 Å². The molecule has 0 aliphatic carbocycles. The molecule has 0 saturated heterocycles. The van der Waals surface area contributed by atoms with Crippen molar-refractivity contribution in [2.24, 2.45) is 0 Å². The molecule has 2 aromatic carbocycles. The maximum atomic E-state index is 4.25. The van der Waals surface area contributed by atoms with Gasteiger partial charge in [0.15, 0.2) is 0 Å². The third-order valence-corrected chi connectivity index (χ3v) is 5.19. The Morgan fingerprint density at radius 1 is 0.714 bits per heavy atom. The van der Waals surface area contributed by atoms with Crippen LogP contribution < -0.4 is 0 Å². The van der Waals surface area contributed by atoms with Crippen LogP contribution in [-0.4, -0.2) is 11.5 Å². The molecule has 2 rings (SSSR count). The molecule has 0 unspecified atom stereocenters. The number of thiol groups is 1.